The SMILES string of the molecule is O=C(NCc1cccc(NC(=O)N2CCCC2)c1)c1cnn(-c2ccc(Cl)cc2)c1C(F)(F)F. The van der Waals surface area contributed by atoms with E-state index in [0.717, 1.165) is 19.0 Å². The first-order valence-corrected chi connectivity index (χ1v) is 10.9. The number of likely N-dealkylation sites (tertiary alicyclic amines) is 1. The molecule has 1 fully saturated rings. The second-order valence-corrected chi connectivity index (χ2v) is 8.24. The van der Waals surface area contributed by atoms with E-state index in [1.165, 1.54) is 24.3 Å². The molecule has 3 aromatic rings. The van der Waals surface area contributed by atoms with E-state index in [0.29, 0.717) is 34.0 Å². The highest BCUT2D eigenvalue weighted by Gasteiger charge is 2.40. The minimum absolute atomic E-state index is 0.0321. The second-order valence-electron chi connectivity index (χ2n) is 7.80. The van der Waals surface area contributed by atoms with Gasteiger partial charge in [-0.15, -0.1) is 0 Å². The molecular formula is C23H21ClF3N5O2. The topological polar surface area (TPSA) is 79.3 Å². The number of carbonyl (C=O) groups is 2. The summed E-state index contributed by atoms with van der Waals surface area (Å²) in [5, 5.41) is 9.45. The lowest BCUT2D eigenvalue weighted by molar-refractivity contribution is -0.143. The zero-order valence-corrected chi connectivity index (χ0v) is 18.7. The average molecular weight is 492 g/mol. The molecule has 1 aliphatic rings. The molecular weight excluding hydrogens is 471 g/mol. The normalized spacial score (nSPS) is 13.7. The van der Waals surface area contributed by atoms with E-state index in [1.807, 2.05) is 0 Å². The maximum absolute atomic E-state index is 13.8. The van der Waals surface area contributed by atoms with Crippen LogP contribution in [0.1, 0.15) is 34.5 Å². The number of nitrogens with zero attached hydrogens (tertiary/aromatic N) is 3. The fourth-order valence-corrected chi connectivity index (χ4v) is 3.85. The minimum Gasteiger partial charge on any atom is -0.348 e. The fourth-order valence-electron chi connectivity index (χ4n) is 3.72. The van der Waals surface area contributed by atoms with Gasteiger partial charge in [-0.05, 0) is 54.8 Å². The monoisotopic (exact) mass is 491 g/mol. The van der Waals surface area contributed by atoms with Gasteiger partial charge < -0.3 is 15.5 Å². The van der Waals surface area contributed by atoms with Gasteiger partial charge in [-0.2, -0.15) is 18.3 Å². The minimum atomic E-state index is -4.82. The Morgan fingerprint density at radius 3 is 2.44 bits per heavy atom. The van der Waals surface area contributed by atoms with Gasteiger partial charge in [-0.3, -0.25) is 4.79 Å². The third kappa shape index (κ3) is 5.33. The Kier molecular flexibility index (Phi) is 6.78. The summed E-state index contributed by atoms with van der Waals surface area (Å²) >= 11 is 5.81. The van der Waals surface area contributed by atoms with Crippen molar-refractivity contribution in [3.05, 3.63) is 76.6 Å². The Labute approximate surface area is 198 Å². The van der Waals surface area contributed by atoms with E-state index in [9.17, 15) is 22.8 Å². The Morgan fingerprint density at radius 1 is 1.06 bits per heavy atom. The largest absolute Gasteiger partial charge is 0.434 e. The van der Waals surface area contributed by atoms with Gasteiger partial charge in [-0.1, -0.05) is 23.7 Å². The van der Waals surface area contributed by atoms with Crippen molar-refractivity contribution in [3.8, 4) is 5.69 Å². The van der Waals surface area contributed by atoms with Crippen molar-refractivity contribution in [2.75, 3.05) is 18.4 Å². The van der Waals surface area contributed by atoms with E-state index >= 15 is 0 Å². The number of hydrogen-bond donors (Lipinski definition) is 2. The molecule has 2 aromatic carbocycles. The number of nitrogens with one attached hydrogen (secondary N) is 2. The van der Waals surface area contributed by atoms with Crippen LogP contribution in [0.5, 0.6) is 0 Å². The number of anilines is 1. The number of amides is 3. The highest BCUT2D eigenvalue weighted by Crippen LogP contribution is 2.34. The molecule has 1 aromatic heterocycles. The van der Waals surface area contributed by atoms with Gasteiger partial charge in [0.05, 0.1) is 17.4 Å². The average Bonchev–Trinajstić information content (AvgIpc) is 3.48. The lowest BCUT2D eigenvalue weighted by atomic mass is 10.1. The fraction of sp³-hybridized carbons (Fsp3) is 0.261. The van der Waals surface area contributed by atoms with Crippen molar-refractivity contribution in [2.45, 2.75) is 25.6 Å². The molecule has 11 heteroatoms. The van der Waals surface area contributed by atoms with Crippen LogP contribution in [0.4, 0.5) is 23.7 Å². The number of benzene rings is 2. The standard InChI is InChI=1S/C23H21ClF3N5O2/c24-16-6-8-18(9-7-16)32-20(23(25,26)27)19(14-29-32)21(33)28-13-15-4-3-5-17(12-15)30-22(34)31-10-1-2-11-31/h3-9,12,14H,1-2,10-11,13H2,(H,28,33)(H,30,34). The molecule has 0 radical (unpaired) electrons. The van der Waals surface area contributed by atoms with Gasteiger partial charge >= 0.3 is 12.2 Å². The van der Waals surface area contributed by atoms with Gasteiger partial charge in [0.15, 0.2) is 5.69 Å². The van der Waals surface area contributed by atoms with Crippen LogP contribution in [0.3, 0.4) is 0 Å². The number of rotatable bonds is 5. The molecule has 1 saturated heterocycles. The van der Waals surface area contributed by atoms with Gasteiger partial charge in [0.2, 0.25) is 0 Å². The van der Waals surface area contributed by atoms with Crippen LogP contribution in [0, 0.1) is 0 Å². The molecule has 0 bridgehead atoms. The lowest BCUT2D eigenvalue weighted by Crippen LogP contribution is -2.32. The van der Waals surface area contributed by atoms with Crippen LogP contribution in [-0.2, 0) is 12.7 Å². The number of hydrogen-bond acceptors (Lipinski definition) is 3. The quantitative estimate of drug-likeness (QED) is 0.521. The summed E-state index contributed by atoms with van der Waals surface area (Å²) in [6.07, 6.45) is -2.00. The molecule has 0 atom stereocenters. The predicted molar refractivity (Wildman–Crippen MR) is 121 cm³/mol. The van der Waals surface area contributed by atoms with Gasteiger partial charge in [0.1, 0.15) is 0 Å². The highest BCUT2D eigenvalue weighted by atomic mass is 35.5. The van der Waals surface area contributed by atoms with E-state index in [1.54, 1.807) is 29.2 Å². The number of carbonyl (C=O) groups excluding carboxylic acids is 2. The molecule has 0 spiro atoms. The summed E-state index contributed by atoms with van der Waals surface area (Å²) in [7, 11) is 0. The zero-order chi connectivity index (χ0) is 24.3. The van der Waals surface area contributed by atoms with Crippen LogP contribution in [0.25, 0.3) is 5.69 Å². The highest BCUT2D eigenvalue weighted by molar-refractivity contribution is 6.30. The number of alkyl halides is 3. The van der Waals surface area contributed by atoms with Crippen LogP contribution in [0.2, 0.25) is 5.02 Å². The molecule has 7 nitrogen and oxygen atoms in total. The molecule has 34 heavy (non-hydrogen) atoms. The molecule has 2 N–H and O–H groups in total. The maximum atomic E-state index is 13.8. The summed E-state index contributed by atoms with van der Waals surface area (Å²) in [6.45, 7) is 1.37. The second kappa shape index (κ2) is 9.76. The molecule has 2 heterocycles. The van der Waals surface area contributed by atoms with E-state index in [4.69, 9.17) is 11.6 Å². The summed E-state index contributed by atoms with van der Waals surface area (Å²) < 4.78 is 42.1. The molecule has 0 aliphatic carbocycles. The Bertz CT molecular complexity index is 1190. The molecule has 0 saturated carbocycles. The van der Waals surface area contributed by atoms with Crippen molar-refractivity contribution < 1.29 is 22.8 Å². The smallest absolute Gasteiger partial charge is 0.348 e. The molecule has 0 unspecified atom stereocenters. The van der Waals surface area contributed by atoms with E-state index < -0.39 is 23.3 Å². The molecule has 4 rings (SSSR count). The summed E-state index contributed by atoms with van der Waals surface area (Å²) in [6, 6.07) is 12.2. The van der Waals surface area contributed by atoms with E-state index in [2.05, 4.69) is 15.7 Å². The zero-order valence-electron chi connectivity index (χ0n) is 17.9. The number of halogens is 4. The van der Waals surface area contributed by atoms with Crippen LogP contribution < -0.4 is 10.6 Å². The van der Waals surface area contributed by atoms with Crippen LogP contribution in [0.15, 0.2) is 54.7 Å². The van der Waals surface area contributed by atoms with Gasteiger partial charge in [0.25, 0.3) is 5.91 Å². The van der Waals surface area contributed by atoms with Crippen molar-refractivity contribution in [1.29, 1.82) is 0 Å². The Balaban J connectivity index is 1.48. The molecule has 1 aliphatic heterocycles. The maximum Gasteiger partial charge on any atom is 0.434 e. The van der Waals surface area contributed by atoms with Crippen LogP contribution in [-0.4, -0.2) is 39.7 Å². The Morgan fingerprint density at radius 2 is 1.76 bits per heavy atom. The lowest BCUT2D eigenvalue weighted by Gasteiger charge is -2.16. The van der Waals surface area contributed by atoms with Gasteiger partial charge in [-0.25, -0.2) is 9.48 Å². The number of aromatic nitrogens is 2. The third-order valence-electron chi connectivity index (χ3n) is 5.38. The van der Waals surface area contributed by atoms with Crippen molar-refractivity contribution >= 4 is 29.2 Å². The first kappa shape index (κ1) is 23.6. The van der Waals surface area contributed by atoms with Crippen LogP contribution >= 0.6 is 11.6 Å². The predicted octanol–water partition coefficient (Wildman–Crippen LogP) is 5.10. The van der Waals surface area contributed by atoms with Gasteiger partial charge in [0, 0.05) is 30.3 Å². The summed E-state index contributed by atoms with van der Waals surface area (Å²) in [5.41, 5.74) is -0.501. The van der Waals surface area contributed by atoms with E-state index in [-0.39, 0.29) is 18.3 Å². The van der Waals surface area contributed by atoms with Crippen molar-refractivity contribution in [1.82, 2.24) is 20.0 Å². The van der Waals surface area contributed by atoms with Crippen molar-refractivity contribution in [3.63, 3.8) is 0 Å². The molecule has 178 valence electrons. The number of urea groups is 1. The third-order valence-corrected chi connectivity index (χ3v) is 5.63. The molecule has 3 amide bonds. The first-order chi connectivity index (χ1) is 16.2. The first-order valence-electron chi connectivity index (χ1n) is 10.6. The summed E-state index contributed by atoms with van der Waals surface area (Å²) in [4.78, 5) is 26.6. The summed E-state index contributed by atoms with van der Waals surface area (Å²) in [5.74, 6) is -0.918. The Hall–Kier alpha value is -3.53. The van der Waals surface area contributed by atoms with Crippen molar-refractivity contribution in [2.24, 2.45) is 0 Å².